The number of benzene rings is 2. The molecule has 0 aliphatic carbocycles. The van der Waals surface area contributed by atoms with Crippen molar-refractivity contribution < 1.29 is 22.7 Å². The first kappa shape index (κ1) is 14.1. The molecule has 2 rings (SSSR count). The summed E-state index contributed by atoms with van der Waals surface area (Å²) in [4.78, 5) is 11.9. The van der Waals surface area contributed by atoms with Gasteiger partial charge in [0.1, 0.15) is 5.75 Å². The minimum Gasteiger partial charge on any atom is -0.406 e. The topological polar surface area (TPSA) is 26.3 Å². The third kappa shape index (κ3) is 4.12. The number of halogens is 3. The van der Waals surface area contributed by atoms with Gasteiger partial charge in [-0.15, -0.1) is 13.2 Å². The van der Waals surface area contributed by atoms with Crippen molar-refractivity contribution in [2.45, 2.75) is 12.8 Å². The van der Waals surface area contributed by atoms with Gasteiger partial charge in [-0.1, -0.05) is 42.5 Å². The van der Waals surface area contributed by atoms with Crippen LogP contribution < -0.4 is 4.74 Å². The average molecular weight is 280 g/mol. The second-order valence-electron chi connectivity index (χ2n) is 4.16. The molecule has 0 aliphatic rings. The predicted octanol–water partition coefficient (Wildman–Crippen LogP) is 4.01. The lowest BCUT2D eigenvalue weighted by Gasteiger charge is -2.09. The van der Waals surface area contributed by atoms with E-state index in [1.165, 1.54) is 24.3 Å². The molecule has 0 bridgehead atoms. The standard InChI is InChI=1S/C15H11F3O2/c16-15(17,18)20-13-8-6-11(7-9-13)10-14(19)12-4-2-1-3-5-12/h1-9H,10H2. The normalized spacial score (nSPS) is 11.2. The van der Waals surface area contributed by atoms with Crippen LogP contribution in [0.1, 0.15) is 15.9 Å². The quantitative estimate of drug-likeness (QED) is 0.791. The number of ketones is 1. The molecule has 20 heavy (non-hydrogen) atoms. The molecule has 0 aromatic heterocycles. The van der Waals surface area contributed by atoms with E-state index in [4.69, 9.17) is 0 Å². The molecule has 2 aromatic rings. The molecule has 0 fully saturated rings. The van der Waals surface area contributed by atoms with Gasteiger partial charge in [-0.05, 0) is 17.7 Å². The number of alkyl halides is 3. The minimum atomic E-state index is -4.71. The number of carbonyl (C=O) groups is 1. The van der Waals surface area contributed by atoms with Gasteiger partial charge in [-0.25, -0.2) is 0 Å². The Bertz CT molecular complexity index is 574. The molecule has 0 unspecified atom stereocenters. The lowest BCUT2D eigenvalue weighted by molar-refractivity contribution is -0.274. The van der Waals surface area contributed by atoms with Crippen molar-refractivity contribution in [3.05, 3.63) is 65.7 Å². The van der Waals surface area contributed by atoms with Gasteiger partial charge in [-0.3, -0.25) is 4.79 Å². The SMILES string of the molecule is O=C(Cc1ccc(OC(F)(F)F)cc1)c1ccccc1. The van der Waals surface area contributed by atoms with Gasteiger partial charge in [0.05, 0.1) is 0 Å². The molecule has 0 saturated heterocycles. The second-order valence-corrected chi connectivity index (χ2v) is 4.16. The van der Waals surface area contributed by atoms with E-state index in [9.17, 15) is 18.0 Å². The maximum atomic E-state index is 12.0. The van der Waals surface area contributed by atoms with Crippen LogP contribution in [0.3, 0.4) is 0 Å². The largest absolute Gasteiger partial charge is 0.573 e. The summed E-state index contributed by atoms with van der Waals surface area (Å²) in [5.74, 6) is -0.386. The number of hydrogen-bond donors (Lipinski definition) is 0. The molecule has 104 valence electrons. The second kappa shape index (κ2) is 5.77. The fourth-order valence-electron chi connectivity index (χ4n) is 1.72. The molecule has 0 spiro atoms. The maximum absolute atomic E-state index is 12.0. The van der Waals surface area contributed by atoms with Crippen LogP contribution in [0.5, 0.6) is 5.75 Å². The highest BCUT2D eigenvalue weighted by molar-refractivity contribution is 5.97. The van der Waals surface area contributed by atoms with Crippen molar-refractivity contribution in [2.75, 3.05) is 0 Å². The smallest absolute Gasteiger partial charge is 0.406 e. The lowest BCUT2D eigenvalue weighted by atomic mass is 10.0. The molecule has 2 nitrogen and oxygen atoms in total. The summed E-state index contributed by atoms with van der Waals surface area (Å²) in [6.45, 7) is 0. The monoisotopic (exact) mass is 280 g/mol. The van der Waals surface area contributed by atoms with Gasteiger partial charge in [0.15, 0.2) is 5.78 Å². The fourth-order valence-corrected chi connectivity index (χ4v) is 1.72. The zero-order chi connectivity index (χ0) is 14.6. The summed E-state index contributed by atoms with van der Waals surface area (Å²) in [6, 6.07) is 14.0. The van der Waals surface area contributed by atoms with Crippen LogP contribution in [0.15, 0.2) is 54.6 Å². The zero-order valence-electron chi connectivity index (χ0n) is 10.4. The highest BCUT2D eigenvalue weighted by Crippen LogP contribution is 2.23. The first-order valence-electron chi connectivity index (χ1n) is 5.87. The zero-order valence-corrected chi connectivity index (χ0v) is 10.4. The molecule has 0 atom stereocenters. The van der Waals surface area contributed by atoms with Crippen LogP contribution in [0.25, 0.3) is 0 Å². The Hall–Kier alpha value is -2.30. The third-order valence-electron chi connectivity index (χ3n) is 2.62. The van der Waals surface area contributed by atoms with E-state index in [1.807, 2.05) is 0 Å². The average Bonchev–Trinajstić information content (AvgIpc) is 2.40. The molecule has 0 aliphatic heterocycles. The third-order valence-corrected chi connectivity index (χ3v) is 2.62. The minimum absolute atomic E-state index is 0.0879. The summed E-state index contributed by atoms with van der Waals surface area (Å²) in [5, 5.41) is 0. The number of hydrogen-bond acceptors (Lipinski definition) is 2. The van der Waals surface area contributed by atoms with Crippen LogP contribution in [0.2, 0.25) is 0 Å². The molecule has 0 amide bonds. The number of Topliss-reactive ketones (excluding diaryl/α,β-unsaturated/α-hetero) is 1. The van der Waals surface area contributed by atoms with E-state index in [0.717, 1.165) is 0 Å². The van der Waals surface area contributed by atoms with Crippen LogP contribution in [0.4, 0.5) is 13.2 Å². The summed E-state index contributed by atoms with van der Waals surface area (Å²) in [5.41, 5.74) is 1.21. The molecule has 0 radical (unpaired) electrons. The summed E-state index contributed by atoms with van der Waals surface area (Å²) >= 11 is 0. The highest BCUT2D eigenvalue weighted by Gasteiger charge is 2.30. The van der Waals surface area contributed by atoms with Crippen LogP contribution in [-0.2, 0) is 6.42 Å². The van der Waals surface area contributed by atoms with Crippen molar-refractivity contribution in [1.82, 2.24) is 0 Å². The molecular weight excluding hydrogens is 269 g/mol. The molecule has 0 heterocycles. The van der Waals surface area contributed by atoms with Crippen molar-refractivity contribution in [3.8, 4) is 5.75 Å². The summed E-state index contributed by atoms with van der Waals surface area (Å²) in [7, 11) is 0. The van der Waals surface area contributed by atoms with E-state index in [2.05, 4.69) is 4.74 Å². The van der Waals surface area contributed by atoms with Crippen molar-refractivity contribution >= 4 is 5.78 Å². The summed E-state index contributed by atoms with van der Waals surface area (Å²) < 4.78 is 39.8. The van der Waals surface area contributed by atoms with Crippen LogP contribution in [-0.4, -0.2) is 12.1 Å². The van der Waals surface area contributed by atoms with Crippen molar-refractivity contribution in [2.24, 2.45) is 0 Å². The first-order chi connectivity index (χ1) is 9.44. The Balaban J connectivity index is 2.02. The molecular formula is C15H11F3O2. The highest BCUT2D eigenvalue weighted by atomic mass is 19.4. The van der Waals surface area contributed by atoms with Gasteiger partial charge in [-0.2, -0.15) is 0 Å². The van der Waals surface area contributed by atoms with Gasteiger partial charge in [0.2, 0.25) is 0 Å². The van der Waals surface area contributed by atoms with Crippen molar-refractivity contribution in [3.63, 3.8) is 0 Å². The first-order valence-corrected chi connectivity index (χ1v) is 5.87. The Kier molecular flexibility index (Phi) is 4.08. The maximum Gasteiger partial charge on any atom is 0.573 e. The van der Waals surface area contributed by atoms with E-state index < -0.39 is 6.36 Å². The lowest BCUT2D eigenvalue weighted by Crippen LogP contribution is -2.17. The van der Waals surface area contributed by atoms with E-state index in [-0.39, 0.29) is 18.0 Å². The van der Waals surface area contributed by atoms with Gasteiger partial charge in [0, 0.05) is 12.0 Å². The van der Waals surface area contributed by atoms with E-state index >= 15 is 0 Å². The van der Waals surface area contributed by atoms with E-state index in [0.29, 0.717) is 11.1 Å². The molecule has 0 N–H and O–H groups in total. The van der Waals surface area contributed by atoms with Gasteiger partial charge < -0.3 is 4.74 Å². The summed E-state index contributed by atoms with van der Waals surface area (Å²) in [6.07, 6.45) is -4.57. The molecule has 2 aromatic carbocycles. The van der Waals surface area contributed by atoms with E-state index in [1.54, 1.807) is 30.3 Å². The number of rotatable bonds is 4. The van der Waals surface area contributed by atoms with Gasteiger partial charge in [0.25, 0.3) is 0 Å². The Labute approximate surface area is 113 Å². The van der Waals surface area contributed by atoms with Crippen LogP contribution >= 0.6 is 0 Å². The fraction of sp³-hybridized carbons (Fsp3) is 0.133. The molecule has 0 saturated carbocycles. The predicted molar refractivity (Wildman–Crippen MR) is 67.6 cm³/mol. The number of carbonyl (C=O) groups excluding carboxylic acids is 1. The molecule has 5 heteroatoms. The Morgan fingerprint density at radius 2 is 1.55 bits per heavy atom. The van der Waals surface area contributed by atoms with Crippen LogP contribution in [0, 0.1) is 0 Å². The number of ether oxygens (including phenoxy) is 1. The Morgan fingerprint density at radius 3 is 2.10 bits per heavy atom. The Morgan fingerprint density at radius 1 is 0.950 bits per heavy atom. The van der Waals surface area contributed by atoms with Gasteiger partial charge >= 0.3 is 6.36 Å². The van der Waals surface area contributed by atoms with Crippen molar-refractivity contribution in [1.29, 1.82) is 0 Å².